The number of benzene rings is 1. The number of nitrogens with zero attached hydrogens (tertiary/aromatic N) is 2. The molecule has 31 heavy (non-hydrogen) atoms. The van der Waals surface area contributed by atoms with Gasteiger partial charge in [-0.15, -0.1) is 0 Å². The van der Waals surface area contributed by atoms with Gasteiger partial charge in [0.2, 0.25) is 5.75 Å². The Bertz CT molecular complexity index is 1050. The van der Waals surface area contributed by atoms with E-state index in [2.05, 4.69) is 15.6 Å². The zero-order valence-corrected chi connectivity index (χ0v) is 17.4. The van der Waals surface area contributed by atoms with E-state index in [-0.39, 0.29) is 31.3 Å². The van der Waals surface area contributed by atoms with E-state index in [9.17, 15) is 23.9 Å². The van der Waals surface area contributed by atoms with E-state index in [1.54, 1.807) is 6.92 Å². The number of aromatic nitrogens is 2. The second-order valence-corrected chi connectivity index (χ2v) is 7.26. The van der Waals surface area contributed by atoms with Gasteiger partial charge in [0.15, 0.2) is 5.69 Å². The van der Waals surface area contributed by atoms with Crippen LogP contribution in [0.3, 0.4) is 0 Å². The summed E-state index contributed by atoms with van der Waals surface area (Å²) >= 11 is 0. The topological polar surface area (TPSA) is 123 Å². The lowest BCUT2D eigenvalue weighted by Crippen LogP contribution is -2.33. The summed E-state index contributed by atoms with van der Waals surface area (Å²) in [7, 11) is 1.49. The molecular weight excluding hydrogens is 407 g/mol. The van der Waals surface area contributed by atoms with Gasteiger partial charge in [-0.3, -0.25) is 19.0 Å². The van der Waals surface area contributed by atoms with Crippen molar-refractivity contribution in [1.82, 2.24) is 20.2 Å². The number of ether oxygens (including phenoxy) is 1. The Morgan fingerprint density at radius 1 is 1.32 bits per heavy atom. The van der Waals surface area contributed by atoms with E-state index in [0.717, 1.165) is 18.9 Å². The first-order valence-corrected chi connectivity index (χ1v) is 10.0. The van der Waals surface area contributed by atoms with Gasteiger partial charge >= 0.3 is 0 Å². The standard InChI is InChI=1S/C21H25FN4O5/c1-3-16-25-17(18(27)21(30)26(16)8-9-31-2)20(29)23-11-12-4-5-13(22)10-15(12)19(28)24-14-6-7-14/h4-5,10,14,27H,3,6-9,11H2,1-2H3,(H,23,29)(H,24,28). The van der Waals surface area contributed by atoms with Crippen LogP contribution in [0.15, 0.2) is 23.0 Å². The number of halogens is 1. The molecule has 1 aliphatic rings. The van der Waals surface area contributed by atoms with Crippen LogP contribution in [-0.2, 0) is 24.2 Å². The number of hydrogen-bond donors (Lipinski definition) is 3. The fraction of sp³-hybridized carbons (Fsp3) is 0.429. The van der Waals surface area contributed by atoms with E-state index in [1.165, 1.54) is 23.8 Å². The highest BCUT2D eigenvalue weighted by Crippen LogP contribution is 2.20. The lowest BCUT2D eigenvalue weighted by Gasteiger charge is -2.14. The molecule has 3 N–H and O–H groups in total. The van der Waals surface area contributed by atoms with Crippen LogP contribution < -0.4 is 16.2 Å². The van der Waals surface area contributed by atoms with E-state index in [4.69, 9.17) is 4.74 Å². The van der Waals surface area contributed by atoms with Crippen molar-refractivity contribution in [2.75, 3.05) is 13.7 Å². The third kappa shape index (κ3) is 5.26. The van der Waals surface area contributed by atoms with E-state index in [0.29, 0.717) is 17.8 Å². The molecule has 0 atom stereocenters. The Morgan fingerprint density at radius 2 is 2.06 bits per heavy atom. The normalized spacial score (nSPS) is 13.1. The van der Waals surface area contributed by atoms with Crippen molar-refractivity contribution in [3.8, 4) is 5.75 Å². The number of nitrogens with one attached hydrogen (secondary N) is 2. The summed E-state index contributed by atoms with van der Waals surface area (Å²) in [5.41, 5.74) is -0.618. The number of hydrogen-bond acceptors (Lipinski definition) is 6. The highest BCUT2D eigenvalue weighted by molar-refractivity contribution is 5.97. The average molecular weight is 432 g/mol. The quantitative estimate of drug-likeness (QED) is 0.546. The summed E-state index contributed by atoms with van der Waals surface area (Å²) in [5, 5.41) is 15.6. The minimum Gasteiger partial charge on any atom is -0.501 e. The summed E-state index contributed by atoms with van der Waals surface area (Å²) in [4.78, 5) is 41.7. The van der Waals surface area contributed by atoms with E-state index < -0.39 is 34.6 Å². The van der Waals surface area contributed by atoms with Crippen molar-refractivity contribution in [3.63, 3.8) is 0 Å². The third-order valence-electron chi connectivity index (χ3n) is 4.94. The maximum Gasteiger partial charge on any atom is 0.296 e. The van der Waals surface area contributed by atoms with Gasteiger partial charge in [-0.1, -0.05) is 13.0 Å². The first kappa shape index (κ1) is 22.4. The number of aryl methyl sites for hydroxylation is 1. The summed E-state index contributed by atoms with van der Waals surface area (Å²) in [6.07, 6.45) is 2.13. The monoisotopic (exact) mass is 432 g/mol. The molecule has 2 aromatic rings. The van der Waals surface area contributed by atoms with Crippen LogP contribution in [0.25, 0.3) is 0 Å². The number of methoxy groups -OCH3 is 1. The van der Waals surface area contributed by atoms with Crippen molar-refractivity contribution in [2.24, 2.45) is 0 Å². The Kier molecular flexibility index (Phi) is 7.01. The highest BCUT2D eigenvalue weighted by atomic mass is 19.1. The Labute approximate surface area is 178 Å². The predicted octanol–water partition coefficient (Wildman–Crippen LogP) is 1.12. The number of rotatable bonds is 9. The molecule has 9 nitrogen and oxygen atoms in total. The molecule has 0 unspecified atom stereocenters. The molecule has 10 heteroatoms. The van der Waals surface area contributed by atoms with Crippen molar-refractivity contribution in [3.05, 3.63) is 57.0 Å². The van der Waals surface area contributed by atoms with Gasteiger partial charge in [0.25, 0.3) is 17.4 Å². The average Bonchev–Trinajstić information content (AvgIpc) is 3.57. The van der Waals surface area contributed by atoms with Crippen molar-refractivity contribution in [2.45, 2.75) is 45.3 Å². The molecule has 2 amide bonds. The molecule has 3 rings (SSSR count). The van der Waals surface area contributed by atoms with Crippen molar-refractivity contribution < 1.29 is 23.8 Å². The lowest BCUT2D eigenvalue weighted by molar-refractivity contribution is 0.0928. The van der Waals surface area contributed by atoms with Gasteiger partial charge in [-0.25, -0.2) is 9.37 Å². The third-order valence-corrected chi connectivity index (χ3v) is 4.94. The first-order chi connectivity index (χ1) is 14.8. The molecule has 1 aromatic heterocycles. The molecule has 0 saturated heterocycles. The van der Waals surface area contributed by atoms with Gasteiger partial charge in [0, 0.05) is 31.7 Å². The summed E-state index contributed by atoms with van der Waals surface area (Å²) in [6, 6.07) is 3.81. The molecule has 1 aromatic carbocycles. The minimum absolute atomic E-state index is 0.0939. The number of amides is 2. The Balaban J connectivity index is 1.80. The second-order valence-electron chi connectivity index (χ2n) is 7.26. The fourth-order valence-electron chi connectivity index (χ4n) is 3.09. The molecule has 1 saturated carbocycles. The molecule has 0 bridgehead atoms. The molecule has 0 radical (unpaired) electrons. The van der Waals surface area contributed by atoms with Gasteiger partial charge < -0.3 is 20.5 Å². The van der Waals surface area contributed by atoms with Crippen LogP contribution in [0.1, 0.15) is 52.0 Å². The predicted molar refractivity (Wildman–Crippen MR) is 109 cm³/mol. The van der Waals surface area contributed by atoms with E-state index in [1.807, 2.05) is 0 Å². The van der Waals surface area contributed by atoms with Crippen LogP contribution >= 0.6 is 0 Å². The smallest absolute Gasteiger partial charge is 0.296 e. The molecule has 166 valence electrons. The Hall–Kier alpha value is -3.27. The summed E-state index contributed by atoms with van der Waals surface area (Å²) < 4.78 is 19.9. The second kappa shape index (κ2) is 9.69. The summed E-state index contributed by atoms with van der Waals surface area (Å²) in [6.45, 7) is 2.10. The zero-order chi connectivity index (χ0) is 22.5. The van der Waals surface area contributed by atoms with Gasteiger partial charge in [0.05, 0.1) is 13.2 Å². The maximum absolute atomic E-state index is 13.7. The molecule has 0 spiro atoms. The number of carbonyl (C=O) groups is 2. The van der Waals surface area contributed by atoms with Crippen molar-refractivity contribution >= 4 is 11.8 Å². The Morgan fingerprint density at radius 3 is 2.71 bits per heavy atom. The van der Waals surface area contributed by atoms with Gasteiger partial charge in [-0.05, 0) is 30.5 Å². The van der Waals surface area contributed by atoms with Crippen LogP contribution in [0.4, 0.5) is 4.39 Å². The van der Waals surface area contributed by atoms with Crippen LogP contribution in [0.5, 0.6) is 5.75 Å². The summed E-state index contributed by atoms with van der Waals surface area (Å²) in [5.74, 6) is -2.20. The maximum atomic E-state index is 13.7. The minimum atomic E-state index is -0.777. The van der Waals surface area contributed by atoms with Crippen molar-refractivity contribution in [1.29, 1.82) is 0 Å². The van der Waals surface area contributed by atoms with Crippen LogP contribution in [0, 0.1) is 5.82 Å². The molecule has 1 heterocycles. The number of aromatic hydroxyl groups is 1. The van der Waals surface area contributed by atoms with Crippen LogP contribution in [0.2, 0.25) is 0 Å². The van der Waals surface area contributed by atoms with E-state index >= 15 is 0 Å². The largest absolute Gasteiger partial charge is 0.501 e. The number of carbonyl (C=O) groups excluding carboxylic acids is 2. The molecule has 0 aliphatic heterocycles. The first-order valence-electron chi connectivity index (χ1n) is 10.0. The van der Waals surface area contributed by atoms with Crippen LogP contribution in [-0.4, -0.2) is 46.2 Å². The fourth-order valence-corrected chi connectivity index (χ4v) is 3.09. The molecule has 1 aliphatic carbocycles. The van der Waals surface area contributed by atoms with Gasteiger partial charge in [-0.2, -0.15) is 0 Å². The molecular formula is C21H25FN4O5. The van der Waals surface area contributed by atoms with Gasteiger partial charge in [0.1, 0.15) is 11.6 Å². The highest BCUT2D eigenvalue weighted by Gasteiger charge is 2.26. The zero-order valence-electron chi connectivity index (χ0n) is 17.4. The molecule has 1 fully saturated rings. The lowest BCUT2D eigenvalue weighted by atomic mass is 10.1. The SMILES string of the molecule is CCc1nc(C(=O)NCc2ccc(F)cc2C(=O)NC2CC2)c(O)c(=O)n1CCOC.